The quantitative estimate of drug-likeness (QED) is 0.642. The summed E-state index contributed by atoms with van der Waals surface area (Å²) in [6.07, 6.45) is 2.57. The fourth-order valence-corrected chi connectivity index (χ4v) is 1.64. The number of benzene rings is 1. The fraction of sp³-hybridized carbons (Fsp3) is 0.267. The van der Waals surface area contributed by atoms with Gasteiger partial charge in [0.25, 0.3) is 0 Å². The summed E-state index contributed by atoms with van der Waals surface area (Å²) in [6, 6.07) is 12.3. The van der Waals surface area contributed by atoms with Gasteiger partial charge in [0.1, 0.15) is 0 Å². The number of hydrogen-bond donors (Lipinski definition) is 1. The molecule has 2 nitrogen and oxygen atoms in total. The third-order valence-corrected chi connectivity index (χ3v) is 2.56. The van der Waals surface area contributed by atoms with Crippen LogP contribution < -0.4 is 5.73 Å². The van der Waals surface area contributed by atoms with Crippen LogP contribution in [0, 0.1) is 11.8 Å². The van der Waals surface area contributed by atoms with E-state index in [9.17, 15) is 0 Å². The molecule has 0 atom stereocenters. The number of hydrogen-bond acceptors (Lipinski definition) is 2. The Hall–Kier alpha value is -1.85. The molecule has 2 N–H and O–H groups in total. The lowest BCUT2D eigenvalue weighted by atomic mass is 10.2. The number of nitrogens with two attached hydrogens (primary N) is 1. The number of aromatic nitrogens is 1. The molecule has 1 aromatic heterocycles. The molecule has 17 heavy (non-hydrogen) atoms. The fourth-order valence-electron chi connectivity index (χ4n) is 1.64. The monoisotopic (exact) mass is 224 g/mol. The summed E-state index contributed by atoms with van der Waals surface area (Å²) >= 11 is 0. The highest BCUT2D eigenvalue weighted by Crippen LogP contribution is 2.11. The molecular weight excluding hydrogens is 208 g/mol. The SMILES string of the molecule is NCCCC#CCc1ccc2ccccc2n1. The molecular formula is C15H16N2. The zero-order valence-electron chi connectivity index (χ0n) is 9.82. The van der Waals surface area contributed by atoms with E-state index in [-0.39, 0.29) is 0 Å². The van der Waals surface area contributed by atoms with Gasteiger partial charge in [0.15, 0.2) is 0 Å². The Kier molecular flexibility index (Phi) is 4.12. The van der Waals surface area contributed by atoms with E-state index < -0.39 is 0 Å². The maximum Gasteiger partial charge on any atom is 0.0705 e. The summed E-state index contributed by atoms with van der Waals surface area (Å²) in [7, 11) is 0. The van der Waals surface area contributed by atoms with Gasteiger partial charge >= 0.3 is 0 Å². The topological polar surface area (TPSA) is 38.9 Å². The molecule has 0 aliphatic heterocycles. The maximum absolute atomic E-state index is 5.40. The summed E-state index contributed by atoms with van der Waals surface area (Å²) in [6.45, 7) is 0.711. The van der Waals surface area contributed by atoms with Gasteiger partial charge in [-0.15, -0.1) is 5.92 Å². The molecule has 0 fully saturated rings. The summed E-state index contributed by atoms with van der Waals surface area (Å²) in [4.78, 5) is 4.57. The van der Waals surface area contributed by atoms with Crippen LogP contribution in [0.1, 0.15) is 18.5 Å². The van der Waals surface area contributed by atoms with Crippen molar-refractivity contribution in [1.82, 2.24) is 4.98 Å². The van der Waals surface area contributed by atoms with Crippen molar-refractivity contribution >= 4 is 10.9 Å². The van der Waals surface area contributed by atoms with Crippen molar-refractivity contribution < 1.29 is 0 Å². The number of nitrogens with zero attached hydrogens (tertiary/aromatic N) is 1. The van der Waals surface area contributed by atoms with E-state index in [0.29, 0.717) is 6.54 Å². The first-order chi connectivity index (χ1) is 8.40. The van der Waals surface area contributed by atoms with Crippen molar-refractivity contribution in [2.45, 2.75) is 19.3 Å². The molecule has 2 aromatic rings. The highest BCUT2D eigenvalue weighted by molar-refractivity contribution is 5.78. The van der Waals surface area contributed by atoms with E-state index in [1.54, 1.807) is 0 Å². The van der Waals surface area contributed by atoms with Crippen LogP contribution in [0.3, 0.4) is 0 Å². The van der Waals surface area contributed by atoms with Gasteiger partial charge < -0.3 is 5.73 Å². The van der Waals surface area contributed by atoms with E-state index in [4.69, 9.17) is 5.73 Å². The first kappa shape index (κ1) is 11.6. The molecule has 0 spiro atoms. The van der Waals surface area contributed by atoms with Crippen molar-refractivity contribution in [2.75, 3.05) is 6.54 Å². The molecule has 0 unspecified atom stereocenters. The Bertz CT molecular complexity index is 549. The Labute approximate surface area is 102 Å². The average Bonchev–Trinajstić information content (AvgIpc) is 2.38. The van der Waals surface area contributed by atoms with Gasteiger partial charge in [0.2, 0.25) is 0 Å². The molecule has 0 aliphatic rings. The van der Waals surface area contributed by atoms with Crippen LogP contribution in [0.25, 0.3) is 10.9 Å². The first-order valence-corrected chi connectivity index (χ1v) is 5.90. The molecule has 86 valence electrons. The normalized spacial score (nSPS) is 9.94. The van der Waals surface area contributed by atoms with Crippen LogP contribution in [0.15, 0.2) is 36.4 Å². The van der Waals surface area contributed by atoms with Crippen LogP contribution in [-0.2, 0) is 6.42 Å². The molecule has 0 saturated heterocycles. The number of fused-ring (bicyclic) bond motifs is 1. The molecule has 1 heterocycles. The van der Waals surface area contributed by atoms with Gasteiger partial charge in [-0.2, -0.15) is 0 Å². The maximum atomic E-state index is 5.40. The van der Waals surface area contributed by atoms with Gasteiger partial charge in [-0.1, -0.05) is 30.2 Å². The van der Waals surface area contributed by atoms with Gasteiger partial charge in [0.05, 0.1) is 17.6 Å². The van der Waals surface area contributed by atoms with E-state index in [2.05, 4.69) is 29.0 Å². The minimum Gasteiger partial charge on any atom is -0.330 e. The average molecular weight is 224 g/mol. The van der Waals surface area contributed by atoms with Gasteiger partial charge in [-0.25, -0.2) is 0 Å². The van der Waals surface area contributed by atoms with E-state index >= 15 is 0 Å². The molecule has 0 aliphatic carbocycles. The Morgan fingerprint density at radius 1 is 1.06 bits per heavy atom. The predicted octanol–water partition coefficient (Wildman–Crippen LogP) is 2.52. The third kappa shape index (κ3) is 3.30. The van der Waals surface area contributed by atoms with Crippen LogP contribution in [0.4, 0.5) is 0 Å². The Morgan fingerprint density at radius 2 is 1.94 bits per heavy atom. The molecule has 0 saturated carbocycles. The second-order valence-corrected chi connectivity index (χ2v) is 3.92. The summed E-state index contributed by atoms with van der Waals surface area (Å²) in [5.74, 6) is 6.25. The number of rotatable bonds is 3. The Balaban J connectivity index is 2.06. The van der Waals surface area contributed by atoms with Crippen molar-refractivity contribution in [3.05, 3.63) is 42.1 Å². The lowest BCUT2D eigenvalue weighted by Gasteiger charge is -1.98. The van der Waals surface area contributed by atoms with Gasteiger partial charge in [-0.05, 0) is 25.1 Å². The zero-order valence-corrected chi connectivity index (χ0v) is 9.82. The summed E-state index contributed by atoms with van der Waals surface area (Å²) in [5.41, 5.74) is 7.47. The summed E-state index contributed by atoms with van der Waals surface area (Å²) in [5, 5.41) is 1.17. The second kappa shape index (κ2) is 6.03. The smallest absolute Gasteiger partial charge is 0.0705 e. The zero-order chi connectivity index (χ0) is 11.9. The highest BCUT2D eigenvalue weighted by atomic mass is 14.7. The van der Waals surface area contributed by atoms with E-state index in [1.807, 2.05) is 24.3 Å². The molecule has 1 aromatic carbocycles. The van der Waals surface area contributed by atoms with Crippen LogP contribution in [0.5, 0.6) is 0 Å². The highest BCUT2D eigenvalue weighted by Gasteiger charge is 1.95. The lowest BCUT2D eigenvalue weighted by Crippen LogP contribution is -1.96. The summed E-state index contributed by atoms with van der Waals surface area (Å²) < 4.78 is 0. The minimum absolute atomic E-state index is 0.711. The molecule has 0 bridgehead atoms. The van der Waals surface area contributed by atoms with E-state index in [0.717, 1.165) is 30.5 Å². The standard InChI is InChI=1S/C15H16N2/c16-12-6-2-1-3-8-14-11-10-13-7-4-5-9-15(13)17-14/h4-5,7,9-11H,2,6,8,12,16H2. The first-order valence-electron chi connectivity index (χ1n) is 5.90. The Morgan fingerprint density at radius 3 is 2.82 bits per heavy atom. The molecule has 0 radical (unpaired) electrons. The van der Waals surface area contributed by atoms with Gasteiger partial charge in [0, 0.05) is 11.8 Å². The minimum atomic E-state index is 0.711. The van der Waals surface area contributed by atoms with Gasteiger partial charge in [-0.3, -0.25) is 4.98 Å². The van der Waals surface area contributed by atoms with Crippen LogP contribution in [-0.4, -0.2) is 11.5 Å². The van der Waals surface area contributed by atoms with Crippen LogP contribution in [0.2, 0.25) is 0 Å². The van der Waals surface area contributed by atoms with E-state index in [1.165, 1.54) is 5.39 Å². The van der Waals surface area contributed by atoms with Crippen molar-refractivity contribution in [1.29, 1.82) is 0 Å². The molecule has 2 heteroatoms. The second-order valence-electron chi connectivity index (χ2n) is 3.92. The predicted molar refractivity (Wildman–Crippen MR) is 71.5 cm³/mol. The third-order valence-electron chi connectivity index (χ3n) is 2.56. The van der Waals surface area contributed by atoms with Crippen LogP contribution >= 0.6 is 0 Å². The molecule has 0 amide bonds. The number of para-hydroxylation sites is 1. The largest absolute Gasteiger partial charge is 0.330 e. The number of unbranched alkanes of at least 4 members (excludes halogenated alkanes) is 1. The number of pyridine rings is 1. The molecule has 2 rings (SSSR count). The lowest BCUT2D eigenvalue weighted by molar-refractivity contribution is 0.869. The van der Waals surface area contributed by atoms with Crippen molar-refractivity contribution in [2.24, 2.45) is 5.73 Å². The van der Waals surface area contributed by atoms with Crippen molar-refractivity contribution in [3.8, 4) is 11.8 Å². The van der Waals surface area contributed by atoms with Crippen molar-refractivity contribution in [3.63, 3.8) is 0 Å².